The molecule has 0 radical (unpaired) electrons. The van der Waals surface area contributed by atoms with E-state index >= 15 is 0 Å². The van der Waals surface area contributed by atoms with E-state index in [2.05, 4.69) is 20.6 Å². The van der Waals surface area contributed by atoms with E-state index in [9.17, 15) is 18.3 Å². The third-order valence-corrected chi connectivity index (χ3v) is 6.38. The molecule has 2 aromatic carbocycles. The maximum atomic E-state index is 13.3. The number of thioether (sulfide) groups is 1. The van der Waals surface area contributed by atoms with Crippen molar-refractivity contribution >= 4 is 34.2 Å². The number of hydrogen-bond acceptors (Lipinski definition) is 9. The number of nitrogens with one attached hydrogen (secondary N) is 3. The number of nitrogens with zero attached hydrogens (tertiary/aromatic N) is 2. The fourth-order valence-electron chi connectivity index (χ4n) is 3.45. The Hall–Kier alpha value is -3.71. The molecule has 2 aliphatic heterocycles. The van der Waals surface area contributed by atoms with Gasteiger partial charge in [-0.05, 0) is 13.0 Å². The SMILES string of the molecule is CC1(C(F)(F)F)NC(=C(N)OC(N)=N[C@H]2N=C(c3ccccc3)c3ccccc3NC2O)C(=N)S1. The van der Waals surface area contributed by atoms with Crippen LogP contribution in [0.1, 0.15) is 18.1 Å². The summed E-state index contributed by atoms with van der Waals surface area (Å²) in [6.07, 6.45) is -7.14. The third kappa shape index (κ3) is 4.91. The van der Waals surface area contributed by atoms with E-state index in [1.54, 1.807) is 12.1 Å². The molecule has 0 bridgehead atoms. The molecule has 2 aliphatic rings. The number of fused-ring (bicyclic) bond motifs is 1. The predicted molar refractivity (Wildman–Crippen MR) is 129 cm³/mol. The molecule has 1 saturated heterocycles. The van der Waals surface area contributed by atoms with Gasteiger partial charge >= 0.3 is 6.18 Å². The molecule has 0 amide bonds. The number of aliphatic hydroxyl groups is 1. The maximum Gasteiger partial charge on any atom is 0.421 e. The van der Waals surface area contributed by atoms with Crippen molar-refractivity contribution in [3.8, 4) is 0 Å². The average Bonchev–Trinajstić information content (AvgIpc) is 3.05. The van der Waals surface area contributed by atoms with Crippen LogP contribution in [-0.2, 0) is 4.74 Å². The zero-order valence-electron chi connectivity index (χ0n) is 18.3. The summed E-state index contributed by atoms with van der Waals surface area (Å²) in [6.45, 7) is 0.884. The highest BCUT2D eigenvalue weighted by atomic mass is 32.2. The molecule has 35 heavy (non-hydrogen) atoms. The monoisotopic (exact) mass is 505 g/mol. The Balaban J connectivity index is 1.65. The van der Waals surface area contributed by atoms with E-state index in [0.29, 0.717) is 11.4 Å². The van der Waals surface area contributed by atoms with Crippen molar-refractivity contribution in [3.63, 3.8) is 0 Å². The summed E-state index contributed by atoms with van der Waals surface area (Å²) >= 11 is 0.245. The summed E-state index contributed by atoms with van der Waals surface area (Å²) in [5.74, 6) is -0.566. The van der Waals surface area contributed by atoms with Gasteiger partial charge < -0.3 is 31.9 Å². The molecule has 1 fully saturated rings. The zero-order valence-corrected chi connectivity index (χ0v) is 19.1. The van der Waals surface area contributed by atoms with Gasteiger partial charge in [-0.25, -0.2) is 4.99 Å². The smallest absolute Gasteiger partial charge is 0.407 e. The number of aliphatic hydroxyl groups excluding tert-OH is 1. The quantitative estimate of drug-likeness (QED) is 0.213. The first-order valence-corrected chi connectivity index (χ1v) is 11.1. The second kappa shape index (κ2) is 9.15. The van der Waals surface area contributed by atoms with Crippen LogP contribution in [0.2, 0.25) is 0 Å². The number of nitrogens with two attached hydrogens (primary N) is 2. The summed E-state index contributed by atoms with van der Waals surface area (Å²) in [5, 5.41) is 23.2. The number of anilines is 1. The van der Waals surface area contributed by atoms with E-state index in [-0.39, 0.29) is 17.5 Å². The molecule has 2 unspecified atom stereocenters. The Morgan fingerprint density at radius 1 is 1.17 bits per heavy atom. The lowest BCUT2D eigenvalue weighted by Gasteiger charge is -2.26. The van der Waals surface area contributed by atoms with Crippen LogP contribution in [0.15, 0.2) is 76.2 Å². The molecule has 2 aromatic rings. The Labute approximate surface area is 202 Å². The van der Waals surface area contributed by atoms with E-state index in [0.717, 1.165) is 18.1 Å². The molecule has 2 heterocycles. The van der Waals surface area contributed by atoms with Gasteiger partial charge in [-0.15, -0.1) is 0 Å². The Bertz CT molecular complexity index is 1230. The highest BCUT2D eigenvalue weighted by Gasteiger charge is 2.57. The van der Waals surface area contributed by atoms with Crippen LogP contribution >= 0.6 is 11.8 Å². The third-order valence-electron chi connectivity index (χ3n) is 5.23. The minimum atomic E-state index is -4.65. The molecule has 3 atom stereocenters. The summed E-state index contributed by atoms with van der Waals surface area (Å²) in [5.41, 5.74) is 13.9. The zero-order chi connectivity index (χ0) is 25.4. The number of benzodiazepines with no additional fused rings is 1. The van der Waals surface area contributed by atoms with Crippen LogP contribution in [0, 0.1) is 5.41 Å². The maximum absolute atomic E-state index is 13.3. The lowest BCUT2D eigenvalue weighted by Crippen LogP contribution is -2.47. The fraction of sp³-hybridized carbons (Fsp3) is 0.227. The first kappa shape index (κ1) is 24.4. The molecule has 8 N–H and O–H groups in total. The van der Waals surface area contributed by atoms with E-state index in [1.807, 2.05) is 42.5 Å². The van der Waals surface area contributed by atoms with Crippen molar-refractivity contribution in [3.05, 3.63) is 77.3 Å². The molecule has 0 aliphatic carbocycles. The number of aliphatic imine (C=N–C) groups is 2. The molecule has 184 valence electrons. The lowest BCUT2D eigenvalue weighted by molar-refractivity contribution is -0.159. The van der Waals surface area contributed by atoms with Crippen LogP contribution < -0.4 is 22.1 Å². The first-order chi connectivity index (χ1) is 16.5. The molecule has 0 saturated carbocycles. The summed E-state index contributed by atoms with van der Waals surface area (Å²) in [4.78, 5) is 6.22. The Kier molecular flexibility index (Phi) is 6.38. The van der Waals surface area contributed by atoms with Crippen LogP contribution in [0.5, 0.6) is 0 Å². The molecule has 0 spiro atoms. The van der Waals surface area contributed by atoms with Gasteiger partial charge in [0.2, 0.25) is 5.88 Å². The second-order valence-electron chi connectivity index (χ2n) is 7.79. The molecule has 0 aromatic heterocycles. The minimum absolute atomic E-state index is 0.245. The van der Waals surface area contributed by atoms with Crippen LogP contribution in [0.3, 0.4) is 0 Å². The van der Waals surface area contributed by atoms with Crippen LogP contribution in [-0.4, -0.2) is 45.3 Å². The largest absolute Gasteiger partial charge is 0.421 e. The highest BCUT2D eigenvalue weighted by Crippen LogP contribution is 2.45. The number of halogens is 3. The lowest BCUT2D eigenvalue weighted by atomic mass is 10.0. The summed E-state index contributed by atoms with van der Waals surface area (Å²) in [6, 6.07) is 15.9. The van der Waals surface area contributed by atoms with Gasteiger partial charge in [0.05, 0.1) is 5.71 Å². The Morgan fingerprint density at radius 3 is 2.49 bits per heavy atom. The minimum Gasteiger partial charge on any atom is -0.407 e. The van der Waals surface area contributed by atoms with Gasteiger partial charge in [0.15, 0.2) is 17.3 Å². The average molecular weight is 506 g/mol. The number of benzene rings is 2. The number of amidine groups is 1. The van der Waals surface area contributed by atoms with Crippen LogP contribution in [0.4, 0.5) is 18.9 Å². The van der Waals surface area contributed by atoms with Crippen molar-refractivity contribution < 1.29 is 23.0 Å². The number of rotatable bonds is 3. The topological polar surface area (TPSA) is 154 Å². The predicted octanol–water partition coefficient (Wildman–Crippen LogP) is 2.65. The van der Waals surface area contributed by atoms with Gasteiger partial charge in [0.25, 0.3) is 6.02 Å². The van der Waals surface area contributed by atoms with Gasteiger partial charge in [0.1, 0.15) is 10.7 Å². The molecular formula is C22H22F3N7O2S. The number of alkyl halides is 3. The van der Waals surface area contributed by atoms with Gasteiger partial charge in [-0.3, -0.25) is 10.4 Å². The summed E-state index contributed by atoms with van der Waals surface area (Å²) < 4.78 is 45.2. The second-order valence-corrected chi connectivity index (χ2v) is 9.22. The molecule has 9 nitrogen and oxygen atoms in total. The number of para-hydroxylation sites is 1. The molecule has 13 heteroatoms. The highest BCUT2D eigenvalue weighted by molar-refractivity contribution is 8.15. The van der Waals surface area contributed by atoms with E-state index in [1.165, 1.54) is 0 Å². The van der Waals surface area contributed by atoms with Gasteiger partial charge in [0, 0.05) is 16.8 Å². The van der Waals surface area contributed by atoms with Crippen molar-refractivity contribution in [2.75, 3.05) is 5.32 Å². The van der Waals surface area contributed by atoms with Gasteiger partial charge in [-0.1, -0.05) is 60.3 Å². The molecular weight excluding hydrogens is 483 g/mol. The van der Waals surface area contributed by atoms with Crippen molar-refractivity contribution in [1.82, 2.24) is 5.32 Å². The van der Waals surface area contributed by atoms with E-state index < -0.39 is 40.4 Å². The standard InChI is InChI=1S/C22H22F3N7O2S/c1-21(22(23,24)25)32-15(17(27)35-21)16(26)34-20(28)31-18-19(33)29-13-10-6-5-9-12(13)14(30-18)11-7-3-2-4-8-11/h2-10,18-19,27,29,32-33H,26H2,1H3,(H2,28,31)/t18-,19?,21?/m1/s1. The van der Waals surface area contributed by atoms with Crippen molar-refractivity contribution in [2.24, 2.45) is 21.5 Å². The molecule has 4 rings (SSSR count). The van der Waals surface area contributed by atoms with Crippen molar-refractivity contribution in [2.45, 2.75) is 30.4 Å². The summed E-state index contributed by atoms with van der Waals surface area (Å²) in [7, 11) is 0. The van der Waals surface area contributed by atoms with E-state index in [4.69, 9.17) is 21.6 Å². The first-order valence-electron chi connectivity index (χ1n) is 10.3. The normalized spacial score (nSPS) is 26.1. The number of ether oxygens (including phenoxy) is 1. The Morgan fingerprint density at radius 2 is 1.83 bits per heavy atom. The van der Waals surface area contributed by atoms with Crippen LogP contribution in [0.25, 0.3) is 0 Å². The number of hydrogen-bond donors (Lipinski definition) is 6. The fourth-order valence-corrected chi connectivity index (χ4v) is 4.38. The van der Waals surface area contributed by atoms with Crippen molar-refractivity contribution in [1.29, 1.82) is 5.41 Å². The van der Waals surface area contributed by atoms with Gasteiger partial charge in [-0.2, -0.15) is 13.2 Å².